The van der Waals surface area contributed by atoms with E-state index in [0.29, 0.717) is 12.3 Å². The van der Waals surface area contributed by atoms with Crippen LogP contribution in [0.1, 0.15) is 47.8 Å². The highest BCUT2D eigenvalue weighted by atomic mass is 16.5. The lowest BCUT2D eigenvalue weighted by atomic mass is 9.77. The SMILES string of the molecule is COc1ccnc(C(=O)NC2CCC[C@H](Cc3ccccc3)[C@@H](Cc3ccccc3)[C@H](C)OC2=O)c1O. The van der Waals surface area contributed by atoms with Crippen LogP contribution in [0, 0.1) is 11.8 Å². The number of carbonyl (C=O) groups excluding carboxylic acids is 2. The summed E-state index contributed by atoms with van der Waals surface area (Å²) in [5.41, 5.74) is 2.27. The van der Waals surface area contributed by atoms with Crippen molar-refractivity contribution in [3.63, 3.8) is 0 Å². The van der Waals surface area contributed by atoms with Gasteiger partial charge in [-0.3, -0.25) is 4.79 Å². The Morgan fingerprint density at radius 1 is 1.03 bits per heavy atom. The molecule has 194 valence electrons. The number of carbonyl (C=O) groups is 2. The monoisotopic (exact) mass is 502 g/mol. The molecule has 1 fully saturated rings. The third-order valence-electron chi connectivity index (χ3n) is 7.15. The number of cyclic esters (lactones) is 1. The summed E-state index contributed by atoms with van der Waals surface area (Å²) in [4.78, 5) is 30.1. The number of pyridine rings is 1. The zero-order chi connectivity index (χ0) is 26.2. The predicted molar refractivity (Wildman–Crippen MR) is 140 cm³/mol. The van der Waals surface area contributed by atoms with Crippen LogP contribution in [0.2, 0.25) is 0 Å². The molecule has 4 atom stereocenters. The van der Waals surface area contributed by atoms with Crippen molar-refractivity contribution in [1.82, 2.24) is 10.3 Å². The second kappa shape index (κ2) is 12.4. The fourth-order valence-corrected chi connectivity index (χ4v) is 5.17. The minimum absolute atomic E-state index is 0.116. The largest absolute Gasteiger partial charge is 0.503 e. The molecule has 1 aromatic heterocycles. The molecule has 2 N–H and O–H groups in total. The standard InChI is InChI=1S/C30H34N2O5/c1-20-24(19-22-12-7-4-8-13-22)23(18-21-10-5-3-6-11-21)14-9-15-25(30(35)37-20)32-29(34)27-28(33)26(36-2)16-17-31-27/h3-8,10-13,16-17,20,23-25,33H,9,14-15,18-19H2,1-2H3,(H,32,34)/t20-,23+,24-,25?/m0/s1. The van der Waals surface area contributed by atoms with E-state index in [2.05, 4.69) is 34.6 Å². The maximum atomic E-state index is 13.2. The van der Waals surface area contributed by atoms with Gasteiger partial charge in [-0.15, -0.1) is 0 Å². The Morgan fingerprint density at radius 3 is 2.32 bits per heavy atom. The van der Waals surface area contributed by atoms with E-state index in [-0.39, 0.29) is 29.2 Å². The molecule has 1 aliphatic rings. The van der Waals surface area contributed by atoms with Gasteiger partial charge in [-0.1, -0.05) is 67.1 Å². The molecule has 0 spiro atoms. The minimum Gasteiger partial charge on any atom is -0.503 e. The van der Waals surface area contributed by atoms with Crippen molar-refractivity contribution < 1.29 is 24.2 Å². The first-order chi connectivity index (χ1) is 18.0. The molecule has 7 nitrogen and oxygen atoms in total. The molecule has 2 heterocycles. The van der Waals surface area contributed by atoms with Crippen LogP contribution in [-0.4, -0.2) is 41.2 Å². The maximum Gasteiger partial charge on any atom is 0.328 e. The van der Waals surface area contributed by atoms with Gasteiger partial charge in [0.25, 0.3) is 5.91 Å². The Labute approximate surface area is 217 Å². The summed E-state index contributed by atoms with van der Waals surface area (Å²) in [6, 6.07) is 21.3. The zero-order valence-electron chi connectivity index (χ0n) is 21.3. The van der Waals surface area contributed by atoms with Crippen LogP contribution >= 0.6 is 0 Å². The van der Waals surface area contributed by atoms with Crippen molar-refractivity contribution in [2.75, 3.05) is 7.11 Å². The molecule has 37 heavy (non-hydrogen) atoms. The van der Waals surface area contributed by atoms with Gasteiger partial charge in [0, 0.05) is 18.2 Å². The fraction of sp³-hybridized carbons (Fsp3) is 0.367. The van der Waals surface area contributed by atoms with Crippen molar-refractivity contribution >= 4 is 11.9 Å². The van der Waals surface area contributed by atoms with Gasteiger partial charge in [0.1, 0.15) is 12.1 Å². The van der Waals surface area contributed by atoms with E-state index in [4.69, 9.17) is 9.47 Å². The van der Waals surface area contributed by atoms with Gasteiger partial charge in [-0.05, 0) is 49.7 Å². The molecule has 4 rings (SSSR count). The molecule has 3 aromatic rings. The normalized spacial score (nSPS) is 22.2. The number of hydrogen-bond acceptors (Lipinski definition) is 6. The van der Waals surface area contributed by atoms with Crippen LogP contribution in [-0.2, 0) is 22.4 Å². The number of amides is 1. The van der Waals surface area contributed by atoms with Crippen LogP contribution in [0.25, 0.3) is 0 Å². The average Bonchev–Trinajstić information content (AvgIpc) is 2.95. The number of nitrogens with zero attached hydrogens (tertiary/aromatic N) is 1. The topological polar surface area (TPSA) is 97.8 Å². The van der Waals surface area contributed by atoms with E-state index in [0.717, 1.165) is 25.7 Å². The Kier molecular flexibility index (Phi) is 8.77. The Bertz CT molecular complexity index is 1190. The number of aromatic hydroxyl groups is 1. The number of benzene rings is 2. The van der Waals surface area contributed by atoms with E-state index in [9.17, 15) is 14.7 Å². The third-order valence-corrected chi connectivity index (χ3v) is 7.15. The van der Waals surface area contributed by atoms with Gasteiger partial charge in [0.15, 0.2) is 17.2 Å². The summed E-state index contributed by atoms with van der Waals surface area (Å²) in [6.45, 7) is 1.95. The molecule has 1 amide bonds. The Morgan fingerprint density at radius 2 is 1.68 bits per heavy atom. The van der Waals surface area contributed by atoms with E-state index < -0.39 is 17.9 Å². The molecular weight excluding hydrogens is 468 g/mol. The summed E-state index contributed by atoms with van der Waals surface area (Å²) in [5.74, 6) is -0.931. The highest BCUT2D eigenvalue weighted by molar-refractivity contribution is 5.97. The highest BCUT2D eigenvalue weighted by Crippen LogP contribution is 2.33. The Hall–Kier alpha value is -3.87. The lowest BCUT2D eigenvalue weighted by molar-refractivity contribution is -0.153. The molecule has 0 bridgehead atoms. The summed E-state index contributed by atoms with van der Waals surface area (Å²) in [6.07, 6.45) is 4.78. The van der Waals surface area contributed by atoms with Gasteiger partial charge in [0.05, 0.1) is 7.11 Å². The number of nitrogens with one attached hydrogen (secondary N) is 1. The highest BCUT2D eigenvalue weighted by Gasteiger charge is 2.35. The van der Waals surface area contributed by atoms with Crippen molar-refractivity contribution in [2.24, 2.45) is 11.8 Å². The molecule has 1 saturated heterocycles. The lowest BCUT2D eigenvalue weighted by Gasteiger charge is -2.31. The quantitative estimate of drug-likeness (QED) is 0.454. The number of methoxy groups -OCH3 is 1. The van der Waals surface area contributed by atoms with Crippen molar-refractivity contribution in [1.29, 1.82) is 0 Å². The lowest BCUT2D eigenvalue weighted by Crippen LogP contribution is -2.43. The first kappa shape index (κ1) is 26.2. The van der Waals surface area contributed by atoms with Crippen LogP contribution in [0.15, 0.2) is 72.9 Å². The van der Waals surface area contributed by atoms with E-state index in [1.54, 1.807) is 0 Å². The number of aromatic nitrogens is 1. The number of hydrogen-bond donors (Lipinski definition) is 2. The van der Waals surface area contributed by atoms with E-state index in [1.807, 2.05) is 43.3 Å². The van der Waals surface area contributed by atoms with Crippen LogP contribution in [0.4, 0.5) is 0 Å². The Balaban J connectivity index is 1.54. The number of ether oxygens (including phenoxy) is 2. The van der Waals surface area contributed by atoms with Crippen molar-refractivity contribution in [3.8, 4) is 11.5 Å². The molecule has 0 aliphatic carbocycles. The molecule has 1 unspecified atom stereocenters. The molecule has 7 heteroatoms. The number of rotatable bonds is 7. The second-order valence-corrected chi connectivity index (χ2v) is 9.61. The van der Waals surface area contributed by atoms with Gasteiger partial charge in [0.2, 0.25) is 0 Å². The zero-order valence-corrected chi connectivity index (χ0v) is 21.3. The predicted octanol–water partition coefficient (Wildman–Crippen LogP) is 4.73. The van der Waals surface area contributed by atoms with Gasteiger partial charge < -0.3 is 19.9 Å². The summed E-state index contributed by atoms with van der Waals surface area (Å²) >= 11 is 0. The van der Waals surface area contributed by atoms with Crippen LogP contribution in [0.5, 0.6) is 11.5 Å². The van der Waals surface area contributed by atoms with E-state index in [1.165, 1.54) is 30.5 Å². The summed E-state index contributed by atoms with van der Waals surface area (Å²) in [5, 5.41) is 13.1. The summed E-state index contributed by atoms with van der Waals surface area (Å²) in [7, 11) is 1.39. The van der Waals surface area contributed by atoms with Crippen LogP contribution < -0.4 is 10.1 Å². The molecule has 2 aromatic carbocycles. The molecule has 0 saturated carbocycles. The molecular formula is C30H34N2O5. The fourth-order valence-electron chi connectivity index (χ4n) is 5.17. The van der Waals surface area contributed by atoms with Crippen LogP contribution in [0.3, 0.4) is 0 Å². The first-order valence-electron chi connectivity index (χ1n) is 12.8. The van der Waals surface area contributed by atoms with Gasteiger partial charge in [-0.2, -0.15) is 0 Å². The number of esters is 1. The van der Waals surface area contributed by atoms with Crippen molar-refractivity contribution in [2.45, 2.75) is 51.2 Å². The average molecular weight is 503 g/mol. The molecule has 1 aliphatic heterocycles. The maximum absolute atomic E-state index is 13.2. The second-order valence-electron chi connectivity index (χ2n) is 9.61. The van der Waals surface area contributed by atoms with Gasteiger partial charge >= 0.3 is 5.97 Å². The smallest absolute Gasteiger partial charge is 0.328 e. The summed E-state index contributed by atoms with van der Waals surface area (Å²) < 4.78 is 11.1. The van der Waals surface area contributed by atoms with Gasteiger partial charge in [-0.25, -0.2) is 9.78 Å². The first-order valence-corrected chi connectivity index (χ1v) is 12.8. The van der Waals surface area contributed by atoms with Crippen molar-refractivity contribution in [3.05, 3.63) is 89.7 Å². The third kappa shape index (κ3) is 6.67. The molecule has 0 radical (unpaired) electrons. The van der Waals surface area contributed by atoms with E-state index >= 15 is 0 Å². The minimum atomic E-state index is -0.838.